The lowest BCUT2D eigenvalue weighted by molar-refractivity contribution is -0.141. The number of ether oxygens (including phenoxy) is 2. The molecule has 0 N–H and O–H groups in total. The number of carbonyl (C=O) groups excluding carboxylic acids is 1. The molecule has 1 aliphatic heterocycles. The van der Waals surface area contributed by atoms with Crippen LogP contribution < -0.4 is 15.6 Å². The molecule has 2 unspecified atom stereocenters. The molecule has 1 heterocycles. The van der Waals surface area contributed by atoms with Crippen LogP contribution in [0.4, 0.5) is 0 Å². The summed E-state index contributed by atoms with van der Waals surface area (Å²) in [5.74, 6) is -0.0419. The minimum Gasteiger partial charge on any atom is -0.484 e. The van der Waals surface area contributed by atoms with Gasteiger partial charge in [0.1, 0.15) is 0 Å². The van der Waals surface area contributed by atoms with Crippen molar-refractivity contribution in [3.63, 3.8) is 0 Å². The lowest BCUT2D eigenvalue weighted by Gasteiger charge is -2.39. The van der Waals surface area contributed by atoms with Crippen LogP contribution in [0.15, 0.2) is 133 Å². The molecule has 0 radical (unpaired) electrons. The Balaban J connectivity index is 1.64. The summed E-state index contributed by atoms with van der Waals surface area (Å²) < 4.78 is 11.5. The van der Waals surface area contributed by atoms with Crippen LogP contribution in [0.5, 0.6) is 0 Å². The van der Waals surface area contributed by atoms with Crippen LogP contribution in [-0.4, -0.2) is 27.3 Å². The normalized spacial score (nSPS) is 17.5. The van der Waals surface area contributed by atoms with Gasteiger partial charge in [-0.2, -0.15) is 0 Å². The molecule has 1 aliphatic rings. The molecule has 4 heteroatoms. The van der Waals surface area contributed by atoms with E-state index in [1.807, 2.05) is 24.3 Å². The molecule has 0 saturated carbocycles. The number of hydrogen-bond donors (Lipinski definition) is 0. The molecule has 0 aliphatic carbocycles. The van der Waals surface area contributed by atoms with Crippen LogP contribution in [0.2, 0.25) is 6.04 Å². The number of rotatable bonds is 7. The summed E-state index contributed by atoms with van der Waals surface area (Å²) in [6.07, 6.45) is 2.57. The molecule has 180 valence electrons. The molecular weight excluding hydrogens is 460 g/mol. The SMILES string of the molecule is COC(=O)C1=CC(c2ccccc2)CC(C[Si](c2ccccc2)(c2ccccc2)c2ccccc2)O1. The Kier molecular flexibility index (Phi) is 7.15. The fourth-order valence-corrected chi connectivity index (χ4v) is 10.4. The lowest BCUT2D eigenvalue weighted by Crippen LogP contribution is -2.68. The van der Waals surface area contributed by atoms with E-state index in [2.05, 4.69) is 103 Å². The summed E-state index contributed by atoms with van der Waals surface area (Å²) in [5.41, 5.74) is 1.18. The Hall–Kier alpha value is -3.89. The van der Waals surface area contributed by atoms with Gasteiger partial charge in [0.15, 0.2) is 8.07 Å². The highest BCUT2D eigenvalue weighted by molar-refractivity contribution is 7.11. The number of hydrogen-bond acceptors (Lipinski definition) is 3. The second-order valence-electron chi connectivity index (χ2n) is 9.22. The van der Waals surface area contributed by atoms with E-state index in [0.717, 1.165) is 12.5 Å². The second kappa shape index (κ2) is 10.8. The number of benzene rings is 4. The number of esters is 1. The van der Waals surface area contributed by atoms with Crippen molar-refractivity contribution in [2.45, 2.75) is 24.5 Å². The third-order valence-electron chi connectivity index (χ3n) is 7.11. The summed E-state index contributed by atoms with van der Waals surface area (Å²) in [4.78, 5) is 12.7. The highest BCUT2D eigenvalue weighted by Gasteiger charge is 2.43. The maximum Gasteiger partial charge on any atom is 0.373 e. The minimum atomic E-state index is -2.52. The Morgan fingerprint density at radius 2 is 1.19 bits per heavy atom. The van der Waals surface area contributed by atoms with Gasteiger partial charge in [0, 0.05) is 5.92 Å². The van der Waals surface area contributed by atoms with Crippen LogP contribution in [0.1, 0.15) is 17.9 Å². The van der Waals surface area contributed by atoms with Gasteiger partial charge in [-0.3, -0.25) is 0 Å². The minimum absolute atomic E-state index is 0.0769. The van der Waals surface area contributed by atoms with Crippen LogP contribution in [0, 0.1) is 0 Å². The predicted molar refractivity (Wildman–Crippen MR) is 148 cm³/mol. The highest BCUT2D eigenvalue weighted by atomic mass is 28.3. The van der Waals surface area contributed by atoms with E-state index < -0.39 is 14.0 Å². The molecule has 0 bridgehead atoms. The van der Waals surface area contributed by atoms with Gasteiger partial charge < -0.3 is 9.47 Å². The number of carbonyl (C=O) groups is 1. The van der Waals surface area contributed by atoms with Gasteiger partial charge in [0.2, 0.25) is 5.76 Å². The Labute approximate surface area is 214 Å². The third kappa shape index (κ3) is 4.77. The first kappa shape index (κ1) is 23.8. The van der Waals surface area contributed by atoms with Crippen LogP contribution >= 0.6 is 0 Å². The van der Waals surface area contributed by atoms with Crippen molar-refractivity contribution in [3.05, 3.63) is 139 Å². The summed E-state index contributed by atoms with van der Waals surface area (Å²) in [5, 5.41) is 3.99. The van der Waals surface area contributed by atoms with Crippen LogP contribution in [-0.2, 0) is 14.3 Å². The Morgan fingerprint density at radius 1 is 0.750 bits per heavy atom. The zero-order valence-corrected chi connectivity index (χ0v) is 21.4. The van der Waals surface area contributed by atoms with Crippen molar-refractivity contribution < 1.29 is 14.3 Å². The van der Waals surface area contributed by atoms with Gasteiger partial charge in [-0.15, -0.1) is 0 Å². The van der Waals surface area contributed by atoms with Gasteiger partial charge in [-0.1, -0.05) is 121 Å². The smallest absolute Gasteiger partial charge is 0.373 e. The summed E-state index contributed by atoms with van der Waals surface area (Å²) in [6.45, 7) is 0. The molecule has 0 amide bonds. The molecule has 4 aromatic carbocycles. The fraction of sp³-hybridized carbons (Fsp3) is 0.156. The first-order valence-electron chi connectivity index (χ1n) is 12.4. The average Bonchev–Trinajstić information content (AvgIpc) is 2.97. The average molecular weight is 491 g/mol. The van der Waals surface area contributed by atoms with Crippen LogP contribution in [0.3, 0.4) is 0 Å². The Bertz CT molecular complexity index is 1210. The molecule has 2 atom stereocenters. The van der Waals surface area contributed by atoms with E-state index >= 15 is 0 Å². The van der Waals surface area contributed by atoms with Gasteiger partial charge in [0.05, 0.1) is 13.2 Å². The Morgan fingerprint density at radius 3 is 1.64 bits per heavy atom. The standard InChI is InChI=1S/C32H30O3Si/c1-34-32(33)31-23-26(25-14-6-2-7-15-25)22-27(35-31)24-36(28-16-8-3-9-17-28,29-18-10-4-11-19-29)30-20-12-5-13-21-30/h2-21,23,26-27H,22,24H2,1H3. The largest absolute Gasteiger partial charge is 0.484 e. The van der Waals surface area contributed by atoms with E-state index in [9.17, 15) is 4.79 Å². The molecule has 0 spiro atoms. The topological polar surface area (TPSA) is 35.5 Å². The molecule has 0 saturated heterocycles. The fourth-order valence-electron chi connectivity index (χ4n) is 5.44. The molecule has 4 aromatic rings. The summed E-state index contributed by atoms with van der Waals surface area (Å²) in [7, 11) is -1.11. The lowest BCUT2D eigenvalue weighted by atomic mass is 9.91. The quantitative estimate of drug-likeness (QED) is 0.212. The first-order chi connectivity index (χ1) is 17.7. The van der Waals surface area contributed by atoms with Gasteiger partial charge >= 0.3 is 5.97 Å². The van der Waals surface area contributed by atoms with E-state index in [1.54, 1.807) is 0 Å². The third-order valence-corrected chi connectivity index (χ3v) is 12.1. The molecule has 5 rings (SSSR count). The van der Waals surface area contributed by atoms with Crippen molar-refractivity contribution in [3.8, 4) is 0 Å². The van der Waals surface area contributed by atoms with Crippen molar-refractivity contribution in [1.82, 2.24) is 0 Å². The molecule has 0 fully saturated rings. The van der Waals surface area contributed by atoms with Crippen molar-refractivity contribution in [1.29, 1.82) is 0 Å². The summed E-state index contributed by atoms with van der Waals surface area (Å²) in [6, 6.07) is 43.6. The second-order valence-corrected chi connectivity index (χ2v) is 13.2. The van der Waals surface area contributed by atoms with Crippen molar-refractivity contribution in [2.24, 2.45) is 0 Å². The first-order valence-corrected chi connectivity index (χ1v) is 14.6. The molecule has 3 nitrogen and oxygen atoms in total. The van der Waals surface area contributed by atoms with E-state index in [-0.39, 0.29) is 12.0 Å². The van der Waals surface area contributed by atoms with Crippen LogP contribution in [0.25, 0.3) is 0 Å². The maximum atomic E-state index is 12.7. The summed E-state index contributed by atoms with van der Waals surface area (Å²) >= 11 is 0. The maximum absolute atomic E-state index is 12.7. The predicted octanol–water partition coefficient (Wildman–Crippen LogP) is 4.79. The zero-order valence-electron chi connectivity index (χ0n) is 20.4. The van der Waals surface area contributed by atoms with Gasteiger partial charge in [-0.05, 0) is 39.7 Å². The van der Waals surface area contributed by atoms with E-state index in [4.69, 9.17) is 9.47 Å². The monoisotopic (exact) mass is 490 g/mol. The zero-order chi connectivity index (χ0) is 24.8. The van der Waals surface area contributed by atoms with Crippen molar-refractivity contribution in [2.75, 3.05) is 7.11 Å². The van der Waals surface area contributed by atoms with E-state index in [1.165, 1.54) is 28.2 Å². The molecular formula is C32H30O3Si. The van der Waals surface area contributed by atoms with Gasteiger partial charge in [0.25, 0.3) is 0 Å². The number of allylic oxidation sites excluding steroid dienone is 1. The molecule has 36 heavy (non-hydrogen) atoms. The van der Waals surface area contributed by atoms with Crippen molar-refractivity contribution >= 4 is 29.6 Å². The molecule has 0 aromatic heterocycles. The highest BCUT2D eigenvalue weighted by Crippen LogP contribution is 2.34. The van der Waals surface area contributed by atoms with E-state index in [0.29, 0.717) is 5.76 Å². The number of methoxy groups -OCH3 is 1. The van der Waals surface area contributed by atoms with Gasteiger partial charge in [-0.25, -0.2) is 4.79 Å².